The van der Waals surface area contributed by atoms with Crippen molar-refractivity contribution in [1.82, 2.24) is 25.6 Å². The Morgan fingerprint density at radius 3 is 2.76 bits per heavy atom. The number of nitrogens with one attached hydrogen (secondary N) is 2. The van der Waals surface area contributed by atoms with E-state index in [0.29, 0.717) is 42.6 Å². The summed E-state index contributed by atoms with van der Waals surface area (Å²) in [5, 5.41) is 14.1. The molecule has 0 bridgehead atoms. The topological polar surface area (TPSA) is 90.3 Å². The maximum Gasteiger partial charge on any atom is 0.273 e. The van der Waals surface area contributed by atoms with Crippen LogP contribution >= 0.6 is 12.4 Å². The van der Waals surface area contributed by atoms with Gasteiger partial charge in [-0.1, -0.05) is 12.1 Å². The molecule has 0 atom stereocenters. The van der Waals surface area contributed by atoms with Crippen molar-refractivity contribution >= 4 is 18.3 Å². The number of carbonyl (C=O) groups is 1. The first-order valence-electron chi connectivity index (χ1n) is 8.02. The van der Waals surface area contributed by atoms with Gasteiger partial charge >= 0.3 is 0 Å². The first-order chi connectivity index (χ1) is 11.7. The van der Waals surface area contributed by atoms with Gasteiger partial charge < -0.3 is 20.1 Å². The van der Waals surface area contributed by atoms with Crippen molar-refractivity contribution in [3.05, 3.63) is 29.6 Å². The Morgan fingerprint density at radius 1 is 1.24 bits per heavy atom. The SMILES string of the molecule is CCNCCNC(=O)c1nnn(-c2ccc3c(c2)OCCO3)c1C.Cl. The van der Waals surface area contributed by atoms with Crippen LogP contribution in [0.3, 0.4) is 0 Å². The fourth-order valence-corrected chi connectivity index (χ4v) is 2.47. The van der Waals surface area contributed by atoms with E-state index in [4.69, 9.17) is 9.47 Å². The van der Waals surface area contributed by atoms with Gasteiger partial charge in [0.1, 0.15) is 13.2 Å². The van der Waals surface area contributed by atoms with E-state index >= 15 is 0 Å². The third kappa shape index (κ3) is 4.21. The average Bonchev–Trinajstić information content (AvgIpc) is 2.99. The highest BCUT2D eigenvalue weighted by Gasteiger charge is 2.19. The Balaban J connectivity index is 0.00000225. The molecule has 0 spiro atoms. The van der Waals surface area contributed by atoms with Crippen LogP contribution in [-0.4, -0.2) is 53.7 Å². The van der Waals surface area contributed by atoms with Crippen molar-refractivity contribution in [1.29, 1.82) is 0 Å². The molecule has 8 nitrogen and oxygen atoms in total. The summed E-state index contributed by atoms with van der Waals surface area (Å²) in [6.07, 6.45) is 0. The van der Waals surface area contributed by atoms with Gasteiger partial charge in [-0.15, -0.1) is 17.5 Å². The largest absolute Gasteiger partial charge is 0.486 e. The highest BCUT2D eigenvalue weighted by molar-refractivity contribution is 5.93. The number of ether oxygens (including phenoxy) is 2. The Bertz CT molecular complexity index is 735. The Kier molecular flexibility index (Phi) is 6.60. The monoisotopic (exact) mass is 367 g/mol. The smallest absolute Gasteiger partial charge is 0.273 e. The molecule has 25 heavy (non-hydrogen) atoms. The van der Waals surface area contributed by atoms with Gasteiger partial charge in [0.05, 0.1) is 11.4 Å². The number of carbonyl (C=O) groups excluding carboxylic acids is 1. The van der Waals surface area contributed by atoms with Crippen molar-refractivity contribution < 1.29 is 14.3 Å². The molecule has 0 radical (unpaired) electrons. The van der Waals surface area contributed by atoms with Crippen molar-refractivity contribution in [2.24, 2.45) is 0 Å². The van der Waals surface area contributed by atoms with Gasteiger partial charge in [0.2, 0.25) is 0 Å². The third-order valence-electron chi connectivity index (χ3n) is 3.72. The van der Waals surface area contributed by atoms with Gasteiger partial charge in [0.15, 0.2) is 17.2 Å². The van der Waals surface area contributed by atoms with Gasteiger partial charge in [-0.2, -0.15) is 0 Å². The zero-order valence-electron chi connectivity index (χ0n) is 14.2. The molecule has 0 saturated heterocycles. The van der Waals surface area contributed by atoms with Crippen molar-refractivity contribution in [2.75, 3.05) is 32.8 Å². The molecule has 2 heterocycles. The van der Waals surface area contributed by atoms with Gasteiger partial charge in [0.25, 0.3) is 5.91 Å². The van der Waals surface area contributed by atoms with Crippen LogP contribution in [0.4, 0.5) is 0 Å². The number of fused-ring (bicyclic) bond motifs is 1. The number of amides is 1. The normalized spacial score (nSPS) is 12.4. The lowest BCUT2D eigenvalue weighted by molar-refractivity contribution is 0.0948. The molecule has 1 amide bonds. The van der Waals surface area contributed by atoms with Crippen LogP contribution in [0.25, 0.3) is 5.69 Å². The maximum absolute atomic E-state index is 12.2. The van der Waals surface area contributed by atoms with Crippen LogP contribution in [0.5, 0.6) is 11.5 Å². The second kappa shape index (κ2) is 8.68. The number of hydrogen-bond donors (Lipinski definition) is 2. The van der Waals surface area contributed by atoms with Crippen LogP contribution in [0, 0.1) is 6.92 Å². The van der Waals surface area contributed by atoms with E-state index in [9.17, 15) is 4.79 Å². The number of rotatable bonds is 6. The first-order valence-corrected chi connectivity index (χ1v) is 8.02. The maximum atomic E-state index is 12.2. The summed E-state index contributed by atoms with van der Waals surface area (Å²) in [6.45, 7) is 7.04. The second-order valence-corrected chi connectivity index (χ2v) is 5.37. The Hall–Kier alpha value is -2.32. The number of halogens is 1. The standard InChI is InChI=1S/C16H21N5O3.ClH/c1-3-17-6-7-18-16(22)15-11(2)21(20-19-15)12-4-5-13-14(10-12)24-9-8-23-13;/h4-5,10,17H,3,6-9H2,1-2H3,(H,18,22);1H. The van der Waals surface area contributed by atoms with E-state index in [0.717, 1.165) is 18.8 Å². The van der Waals surface area contributed by atoms with Crippen molar-refractivity contribution in [3.8, 4) is 17.2 Å². The molecule has 0 unspecified atom stereocenters. The fourth-order valence-electron chi connectivity index (χ4n) is 2.47. The van der Waals surface area contributed by atoms with Crippen LogP contribution < -0.4 is 20.1 Å². The van der Waals surface area contributed by atoms with E-state index in [2.05, 4.69) is 20.9 Å². The van der Waals surface area contributed by atoms with E-state index in [1.165, 1.54) is 0 Å². The molecule has 1 aliphatic rings. The van der Waals surface area contributed by atoms with E-state index < -0.39 is 0 Å². The molecule has 0 aliphatic carbocycles. The summed E-state index contributed by atoms with van der Waals surface area (Å²) in [4.78, 5) is 12.2. The molecule has 2 aromatic rings. The molecule has 0 fully saturated rings. The summed E-state index contributed by atoms with van der Waals surface area (Å²) >= 11 is 0. The lowest BCUT2D eigenvalue weighted by atomic mass is 10.2. The summed E-state index contributed by atoms with van der Waals surface area (Å²) < 4.78 is 12.7. The summed E-state index contributed by atoms with van der Waals surface area (Å²) in [5.41, 5.74) is 1.77. The highest BCUT2D eigenvalue weighted by Crippen LogP contribution is 2.32. The molecule has 2 N–H and O–H groups in total. The zero-order valence-corrected chi connectivity index (χ0v) is 15.1. The minimum absolute atomic E-state index is 0. The van der Waals surface area contributed by atoms with Gasteiger partial charge in [-0.05, 0) is 25.6 Å². The molecule has 1 aromatic carbocycles. The van der Waals surface area contributed by atoms with Gasteiger partial charge in [-0.3, -0.25) is 4.79 Å². The van der Waals surface area contributed by atoms with E-state index in [1.54, 1.807) is 4.68 Å². The fraction of sp³-hybridized carbons (Fsp3) is 0.438. The number of nitrogens with zero attached hydrogens (tertiary/aromatic N) is 3. The highest BCUT2D eigenvalue weighted by atomic mass is 35.5. The Labute approximate surface area is 152 Å². The molecule has 1 aliphatic heterocycles. The summed E-state index contributed by atoms with van der Waals surface area (Å²) in [5.74, 6) is 1.16. The van der Waals surface area contributed by atoms with Crippen LogP contribution in [-0.2, 0) is 0 Å². The molecule has 136 valence electrons. The summed E-state index contributed by atoms with van der Waals surface area (Å²) in [6, 6.07) is 5.53. The van der Waals surface area contributed by atoms with Crippen LogP contribution in [0.2, 0.25) is 0 Å². The van der Waals surface area contributed by atoms with Crippen LogP contribution in [0.1, 0.15) is 23.1 Å². The average molecular weight is 368 g/mol. The molecular formula is C16H22ClN5O3. The zero-order chi connectivity index (χ0) is 16.9. The Morgan fingerprint density at radius 2 is 2.00 bits per heavy atom. The molecule has 3 rings (SSSR count). The van der Waals surface area contributed by atoms with E-state index in [1.807, 2.05) is 32.0 Å². The second-order valence-electron chi connectivity index (χ2n) is 5.37. The summed E-state index contributed by atoms with van der Waals surface area (Å²) in [7, 11) is 0. The van der Waals surface area contributed by atoms with Crippen LogP contribution in [0.15, 0.2) is 18.2 Å². The van der Waals surface area contributed by atoms with E-state index in [-0.39, 0.29) is 18.3 Å². The minimum Gasteiger partial charge on any atom is -0.486 e. The molecule has 1 aromatic heterocycles. The minimum atomic E-state index is -0.228. The predicted octanol–water partition coefficient (Wildman–Crippen LogP) is 1.11. The van der Waals surface area contributed by atoms with Crippen molar-refractivity contribution in [2.45, 2.75) is 13.8 Å². The number of aromatic nitrogens is 3. The molecule has 0 saturated carbocycles. The number of benzene rings is 1. The first kappa shape index (κ1) is 19.0. The van der Waals surface area contributed by atoms with Crippen molar-refractivity contribution in [3.63, 3.8) is 0 Å². The molecule has 9 heteroatoms. The van der Waals surface area contributed by atoms with Gasteiger partial charge in [-0.25, -0.2) is 4.68 Å². The number of likely N-dealkylation sites (N-methyl/N-ethyl adjacent to an activating group) is 1. The lowest BCUT2D eigenvalue weighted by Gasteiger charge is -2.18. The molecular weight excluding hydrogens is 346 g/mol. The predicted molar refractivity (Wildman–Crippen MR) is 95.2 cm³/mol. The van der Waals surface area contributed by atoms with Gasteiger partial charge in [0, 0.05) is 19.2 Å². The third-order valence-corrected chi connectivity index (χ3v) is 3.72. The quantitative estimate of drug-likeness (QED) is 0.743. The number of hydrogen-bond acceptors (Lipinski definition) is 6. The lowest BCUT2D eigenvalue weighted by Crippen LogP contribution is -2.32.